The van der Waals surface area contributed by atoms with Crippen molar-refractivity contribution in [1.29, 1.82) is 10.5 Å². The van der Waals surface area contributed by atoms with E-state index in [1.807, 2.05) is 6.26 Å². The summed E-state index contributed by atoms with van der Waals surface area (Å²) < 4.78 is 0. The van der Waals surface area contributed by atoms with Crippen LogP contribution >= 0.6 is 11.8 Å². The number of nitrogens with zero attached hydrogens (tertiary/aromatic N) is 2. The van der Waals surface area contributed by atoms with Crippen LogP contribution in [0.25, 0.3) is 0 Å². The third kappa shape index (κ3) is 2.21. The summed E-state index contributed by atoms with van der Waals surface area (Å²) >= 11 is 1.42. The number of hydrogen-bond donors (Lipinski definition) is 0. The summed E-state index contributed by atoms with van der Waals surface area (Å²) in [7, 11) is 0. The molecule has 0 aromatic rings. The zero-order chi connectivity index (χ0) is 7.28. The van der Waals surface area contributed by atoms with Crippen LogP contribution in [-0.2, 0) is 0 Å². The quantitative estimate of drug-likeness (QED) is 0.518. The highest BCUT2D eigenvalue weighted by atomic mass is 32.2. The lowest BCUT2D eigenvalue weighted by Gasteiger charge is -1.89. The van der Waals surface area contributed by atoms with Crippen LogP contribution in [0.2, 0.25) is 0 Å². The van der Waals surface area contributed by atoms with E-state index in [0.29, 0.717) is 0 Å². The van der Waals surface area contributed by atoms with Crippen LogP contribution in [0.4, 0.5) is 0 Å². The van der Waals surface area contributed by atoms with Crippen LogP contribution in [0.5, 0.6) is 0 Å². The van der Waals surface area contributed by atoms with E-state index in [1.165, 1.54) is 11.8 Å². The van der Waals surface area contributed by atoms with E-state index in [9.17, 15) is 0 Å². The topological polar surface area (TPSA) is 47.6 Å². The SMILES string of the molecule is CSC(C)=C(C#N)C#N. The second-order valence-electron chi connectivity index (χ2n) is 1.36. The molecule has 0 aliphatic carbocycles. The molecule has 0 heterocycles. The minimum absolute atomic E-state index is 0.211. The Hall–Kier alpha value is -0.930. The van der Waals surface area contributed by atoms with Gasteiger partial charge in [0, 0.05) is 4.91 Å². The molecular weight excluding hydrogens is 132 g/mol. The lowest BCUT2D eigenvalue weighted by Crippen LogP contribution is -1.75. The molecule has 0 aliphatic heterocycles. The molecule has 0 aliphatic rings. The molecule has 2 nitrogen and oxygen atoms in total. The van der Waals surface area contributed by atoms with Gasteiger partial charge in [0.25, 0.3) is 0 Å². The average Bonchev–Trinajstić information content (AvgIpc) is 1.90. The van der Waals surface area contributed by atoms with Gasteiger partial charge in [-0.3, -0.25) is 0 Å². The first-order valence-electron chi connectivity index (χ1n) is 2.31. The largest absolute Gasteiger partial charge is 0.192 e. The van der Waals surface area contributed by atoms with Gasteiger partial charge in [-0.15, -0.1) is 11.8 Å². The van der Waals surface area contributed by atoms with Gasteiger partial charge in [0.05, 0.1) is 0 Å². The summed E-state index contributed by atoms with van der Waals surface area (Å²) in [4.78, 5) is 0.778. The van der Waals surface area contributed by atoms with Crippen molar-refractivity contribution in [2.24, 2.45) is 0 Å². The van der Waals surface area contributed by atoms with Crippen molar-refractivity contribution in [2.75, 3.05) is 6.26 Å². The van der Waals surface area contributed by atoms with E-state index in [0.717, 1.165) is 4.91 Å². The normalized spacial score (nSPS) is 7.11. The maximum atomic E-state index is 8.28. The van der Waals surface area contributed by atoms with Crippen molar-refractivity contribution < 1.29 is 0 Å². The molecule has 0 aromatic heterocycles. The van der Waals surface area contributed by atoms with Gasteiger partial charge in [0.2, 0.25) is 0 Å². The maximum Gasteiger partial charge on any atom is 0.138 e. The first-order chi connectivity index (χ1) is 4.26. The molecule has 0 rings (SSSR count). The Morgan fingerprint density at radius 3 is 1.89 bits per heavy atom. The van der Waals surface area contributed by atoms with Crippen molar-refractivity contribution in [3.63, 3.8) is 0 Å². The standard InChI is InChI=1S/C6H6N2S/c1-5(9-2)6(3-7)4-8/h1-2H3. The smallest absolute Gasteiger partial charge is 0.138 e. The van der Waals surface area contributed by atoms with Gasteiger partial charge in [0.15, 0.2) is 0 Å². The molecule has 0 aromatic carbocycles. The van der Waals surface area contributed by atoms with Gasteiger partial charge < -0.3 is 0 Å². The van der Waals surface area contributed by atoms with Crippen LogP contribution in [-0.4, -0.2) is 6.26 Å². The van der Waals surface area contributed by atoms with Gasteiger partial charge in [-0.2, -0.15) is 10.5 Å². The highest BCUT2D eigenvalue weighted by Crippen LogP contribution is 2.13. The zero-order valence-corrected chi connectivity index (χ0v) is 6.12. The van der Waals surface area contributed by atoms with Crippen molar-refractivity contribution in [2.45, 2.75) is 6.92 Å². The Labute approximate surface area is 58.8 Å². The molecule has 0 N–H and O–H groups in total. The third-order valence-electron chi connectivity index (χ3n) is 0.882. The van der Waals surface area contributed by atoms with Crippen molar-refractivity contribution in [3.05, 3.63) is 10.5 Å². The molecule has 46 valence electrons. The second kappa shape index (κ2) is 4.00. The van der Waals surface area contributed by atoms with Crippen LogP contribution < -0.4 is 0 Å². The number of allylic oxidation sites excluding steroid dienone is 2. The van der Waals surface area contributed by atoms with Crippen LogP contribution in [0.3, 0.4) is 0 Å². The van der Waals surface area contributed by atoms with E-state index >= 15 is 0 Å². The molecule has 0 saturated heterocycles. The average molecular weight is 138 g/mol. The molecule has 9 heavy (non-hydrogen) atoms. The summed E-state index contributed by atoms with van der Waals surface area (Å²) in [6.45, 7) is 1.76. The fourth-order valence-electron chi connectivity index (χ4n) is 0.285. The number of nitriles is 2. The van der Waals surface area contributed by atoms with Crippen molar-refractivity contribution in [3.8, 4) is 12.1 Å². The molecule has 0 bridgehead atoms. The highest BCUT2D eigenvalue weighted by molar-refractivity contribution is 8.02. The molecular formula is C6H6N2S. The second-order valence-corrected chi connectivity index (χ2v) is 2.38. The Balaban J connectivity index is 4.49. The lowest BCUT2D eigenvalue weighted by atomic mass is 10.3. The molecule has 0 atom stereocenters. The predicted molar refractivity (Wildman–Crippen MR) is 37.4 cm³/mol. The minimum Gasteiger partial charge on any atom is -0.192 e. The van der Waals surface area contributed by atoms with Gasteiger partial charge in [-0.1, -0.05) is 0 Å². The van der Waals surface area contributed by atoms with E-state index in [4.69, 9.17) is 10.5 Å². The monoisotopic (exact) mass is 138 g/mol. The maximum absolute atomic E-state index is 8.28. The minimum atomic E-state index is 0.211. The van der Waals surface area contributed by atoms with Crippen molar-refractivity contribution >= 4 is 11.8 Å². The summed E-state index contributed by atoms with van der Waals surface area (Å²) in [5, 5.41) is 16.6. The van der Waals surface area contributed by atoms with Gasteiger partial charge in [-0.05, 0) is 13.2 Å². The molecule has 0 unspecified atom stereocenters. The summed E-state index contributed by atoms with van der Waals surface area (Å²) in [6, 6.07) is 3.60. The first-order valence-corrected chi connectivity index (χ1v) is 3.53. The number of hydrogen-bond acceptors (Lipinski definition) is 3. The Morgan fingerprint density at radius 1 is 1.33 bits per heavy atom. The Morgan fingerprint density at radius 2 is 1.78 bits per heavy atom. The molecule has 0 saturated carbocycles. The fourth-order valence-corrected chi connectivity index (χ4v) is 0.580. The molecule has 0 spiro atoms. The van der Waals surface area contributed by atoms with Crippen LogP contribution in [0.15, 0.2) is 10.5 Å². The number of thioether (sulfide) groups is 1. The molecule has 0 amide bonds. The molecule has 0 fully saturated rings. The van der Waals surface area contributed by atoms with Crippen LogP contribution in [0, 0.1) is 22.7 Å². The number of rotatable bonds is 1. The van der Waals surface area contributed by atoms with Crippen LogP contribution in [0.1, 0.15) is 6.92 Å². The lowest BCUT2D eigenvalue weighted by molar-refractivity contribution is 1.44. The zero-order valence-electron chi connectivity index (χ0n) is 5.30. The summed E-state index contributed by atoms with van der Waals surface area (Å²) in [5.74, 6) is 0. The van der Waals surface area contributed by atoms with Gasteiger partial charge >= 0.3 is 0 Å². The Bertz CT molecular complexity index is 188. The molecule has 3 heteroatoms. The van der Waals surface area contributed by atoms with Gasteiger partial charge in [-0.25, -0.2) is 0 Å². The fraction of sp³-hybridized carbons (Fsp3) is 0.333. The predicted octanol–water partition coefficient (Wildman–Crippen LogP) is 1.67. The van der Waals surface area contributed by atoms with Gasteiger partial charge in [0.1, 0.15) is 17.7 Å². The van der Waals surface area contributed by atoms with E-state index in [-0.39, 0.29) is 5.57 Å². The summed E-state index contributed by atoms with van der Waals surface area (Å²) in [5.41, 5.74) is 0.211. The highest BCUT2D eigenvalue weighted by Gasteiger charge is 1.95. The third-order valence-corrected chi connectivity index (χ3v) is 1.70. The van der Waals surface area contributed by atoms with E-state index in [2.05, 4.69) is 0 Å². The summed E-state index contributed by atoms with van der Waals surface area (Å²) in [6.07, 6.45) is 1.84. The van der Waals surface area contributed by atoms with E-state index < -0.39 is 0 Å². The van der Waals surface area contributed by atoms with E-state index in [1.54, 1.807) is 19.1 Å². The Kier molecular flexibility index (Phi) is 3.59. The first kappa shape index (κ1) is 8.07. The molecule has 0 radical (unpaired) electrons. The van der Waals surface area contributed by atoms with Crippen molar-refractivity contribution in [1.82, 2.24) is 0 Å².